The minimum absolute atomic E-state index is 0.00920. The number of amides is 1. The van der Waals surface area contributed by atoms with Crippen LogP contribution in [0.1, 0.15) is 41.8 Å². The molecule has 1 amide bonds. The molecule has 4 heterocycles. The molecular weight excluding hydrogens is 382 g/mol. The molecule has 3 aromatic heterocycles. The highest BCUT2D eigenvalue weighted by Crippen LogP contribution is 2.34. The van der Waals surface area contributed by atoms with Crippen molar-refractivity contribution in [2.24, 2.45) is 0 Å². The summed E-state index contributed by atoms with van der Waals surface area (Å²) < 4.78 is 11.2. The average Bonchev–Trinajstić information content (AvgIpc) is 3.50. The number of pyridine rings is 1. The highest BCUT2D eigenvalue weighted by molar-refractivity contribution is 5.92. The quantitative estimate of drug-likeness (QED) is 0.511. The lowest BCUT2D eigenvalue weighted by molar-refractivity contribution is -0.131. The summed E-state index contributed by atoms with van der Waals surface area (Å²) in [6.45, 7) is 4.34. The molecule has 1 aliphatic heterocycles. The molecule has 1 atom stereocenters. The van der Waals surface area contributed by atoms with Crippen molar-refractivity contribution in [3.8, 4) is 11.6 Å². The second-order valence-corrected chi connectivity index (χ2v) is 7.55. The number of carbonyl (C=O) groups is 1. The number of rotatable bonds is 4. The highest BCUT2D eigenvalue weighted by atomic mass is 16.5. The van der Waals surface area contributed by atoms with Gasteiger partial charge in [-0.05, 0) is 38.1 Å². The number of hydrogen-bond acceptors (Lipinski definition) is 7. The van der Waals surface area contributed by atoms with Gasteiger partial charge in [0.25, 0.3) is 5.89 Å². The van der Waals surface area contributed by atoms with Crippen LogP contribution in [-0.2, 0) is 11.2 Å². The zero-order chi connectivity index (χ0) is 20.7. The van der Waals surface area contributed by atoms with E-state index in [1.165, 1.54) is 0 Å². The second-order valence-electron chi connectivity index (χ2n) is 7.55. The van der Waals surface area contributed by atoms with Gasteiger partial charge in [-0.3, -0.25) is 9.78 Å². The number of hydrogen-bond donors (Lipinski definition) is 0. The molecule has 30 heavy (non-hydrogen) atoms. The summed E-state index contributed by atoms with van der Waals surface area (Å²) in [5.41, 5.74) is 2.24. The largest absolute Gasteiger partial charge is 0.417 e. The Morgan fingerprint density at radius 2 is 2.07 bits per heavy atom. The van der Waals surface area contributed by atoms with E-state index in [0.717, 1.165) is 34.9 Å². The lowest BCUT2D eigenvalue weighted by Crippen LogP contribution is -2.32. The molecule has 1 saturated heterocycles. The van der Waals surface area contributed by atoms with Crippen LogP contribution in [0.5, 0.6) is 0 Å². The fourth-order valence-corrected chi connectivity index (χ4v) is 4.08. The number of benzene rings is 1. The fraction of sp³-hybridized carbons (Fsp3) is 0.318. The van der Waals surface area contributed by atoms with E-state index >= 15 is 0 Å². The van der Waals surface area contributed by atoms with Crippen LogP contribution in [0.3, 0.4) is 0 Å². The molecule has 1 aliphatic rings. The predicted octanol–water partition coefficient (Wildman–Crippen LogP) is 3.80. The van der Waals surface area contributed by atoms with Crippen molar-refractivity contribution in [2.45, 2.75) is 39.2 Å². The summed E-state index contributed by atoms with van der Waals surface area (Å²) >= 11 is 0. The molecule has 5 rings (SSSR count). The molecule has 1 fully saturated rings. The Labute approximate surface area is 172 Å². The third-order valence-electron chi connectivity index (χ3n) is 5.68. The number of nitrogens with zero attached hydrogens (tertiary/aromatic N) is 5. The molecule has 8 nitrogen and oxygen atoms in total. The number of likely N-dealkylation sites (tertiary alicyclic amines) is 1. The van der Waals surface area contributed by atoms with E-state index in [2.05, 4.69) is 20.3 Å². The Balaban J connectivity index is 1.42. The number of aromatic nitrogens is 4. The first-order chi connectivity index (χ1) is 14.6. The van der Waals surface area contributed by atoms with Gasteiger partial charge in [0.2, 0.25) is 11.8 Å². The van der Waals surface area contributed by atoms with E-state index in [0.29, 0.717) is 29.8 Å². The van der Waals surface area contributed by atoms with Gasteiger partial charge in [-0.1, -0.05) is 29.4 Å². The molecule has 152 valence electrons. The van der Waals surface area contributed by atoms with Gasteiger partial charge in [0.15, 0.2) is 0 Å². The molecule has 0 saturated carbocycles. The summed E-state index contributed by atoms with van der Waals surface area (Å²) in [6, 6.07) is 9.65. The minimum atomic E-state index is -0.228. The van der Waals surface area contributed by atoms with Gasteiger partial charge in [-0.25, -0.2) is 0 Å². The second kappa shape index (κ2) is 7.37. The Bertz CT molecular complexity index is 1200. The molecular formula is C22H21N5O3. The van der Waals surface area contributed by atoms with Crippen molar-refractivity contribution in [3.05, 3.63) is 59.4 Å². The SMILES string of the molecule is Cc1noc(C)c1CC(=O)N1CCC[C@H]1c1nnc(-c2nccc3ccccc23)o1. The zero-order valence-corrected chi connectivity index (χ0v) is 16.8. The molecule has 0 bridgehead atoms. The van der Waals surface area contributed by atoms with E-state index in [1.54, 1.807) is 6.20 Å². The van der Waals surface area contributed by atoms with E-state index in [1.807, 2.05) is 49.1 Å². The lowest BCUT2D eigenvalue weighted by atomic mass is 10.1. The summed E-state index contributed by atoms with van der Waals surface area (Å²) in [5, 5.41) is 14.4. The van der Waals surface area contributed by atoms with Gasteiger partial charge in [-0.15, -0.1) is 10.2 Å². The van der Waals surface area contributed by atoms with Crippen LogP contribution in [0, 0.1) is 13.8 Å². The third-order valence-corrected chi connectivity index (χ3v) is 5.68. The van der Waals surface area contributed by atoms with Crippen molar-refractivity contribution in [1.82, 2.24) is 25.2 Å². The lowest BCUT2D eigenvalue weighted by Gasteiger charge is -2.22. The molecule has 0 unspecified atom stereocenters. The van der Waals surface area contributed by atoms with Crippen LogP contribution in [0.2, 0.25) is 0 Å². The number of aryl methyl sites for hydroxylation is 2. The monoisotopic (exact) mass is 403 g/mol. The van der Waals surface area contributed by atoms with Gasteiger partial charge < -0.3 is 13.8 Å². The Morgan fingerprint density at radius 1 is 1.20 bits per heavy atom. The first-order valence-electron chi connectivity index (χ1n) is 10.0. The molecule has 0 radical (unpaired) electrons. The summed E-state index contributed by atoms with van der Waals surface area (Å²) in [5.74, 6) is 1.50. The molecule has 0 aliphatic carbocycles. The molecule has 8 heteroatoms. The maximum atomic E-state index is 13.0. The van der Waals surface area contributed by atoms with E-state index < -0.39 is 0 Å². The zero-order valence-electron chi connectivity index (χ0n) is 16.8. The normalized spacial score (nSPS) is 16.5. The molecule has 0 spiro atoms. The number of fused-ring (bicyclic) bond motifs is 1. The predicted molar refractivity (Wildman–Crippen MR) is 108 cm³/mol. The maximum Gasteiger partial charge on any atom is 0.267 e. The standard InChI is InChI=1S/C22H21N5O3/c1-13-17(14(2)30-26-13)12-19(28)27-11-5-8-18(27)21-24-25-22(29-21)20-16-7-4-3-6-15(16)9-10-23-20/h3-4,6-7,9-10,18H,5,8,11-12H2,1-2H3/t18-/m0/s1. The smallest absolute Gasteiger partial charge is 0.267 e. The first kappa shape index (κ1) is 18.5. The van der Waals surface area contributed by atoms with Crippen LogP contribution >= 0.6 is 0 Å². The van der Waals surface area contributed by atoms with Crippen molar-refractivity contribution >= 4 is 16.7 Å². The first-order valence-corrected chi connectivity index (χ1v) is 10.0. The Morgan fingerprint density at radius 3 is 2.90 bits per heavy atom. The van der Waals surface area contributed by atoms with E-state index in [9.17, 15) is 4.79 Å². The van der Waals surface area contributed by atoms with Crippen molar-refractivity contribution < 1.29 is 13.7 Å². The van der Waals surface area contributed by atoms with Crippen molar-refractivity contribution in [1.29, 1.82) is 0 Å². The Kier molecular flexibility index (Phi) is 4.54. The van der Waals surface area contributed by atoms with Gasteiger partial charge in [-0.2, -0.15) is 0 Å². The topological polar surface area (TPSA) is 98.2 Å². The Hall–Kier alpha value is -3.55. The van der Waals surface area contributed by atoms with Gasteiger partial charge in [0.1, 0.15) is 17.5 Å². The molecule has 4 aromatic rings. The number of carbonyl (C=O) groups excluding carboxylic acids is 1. The van der Waals surface area contributed by atoms with Crippen LogP contribution in [-0.4, -0.2) is 37.7 Å². The highest BCUT2D eigenvalue weighted by Gasteiger charge is 2.34. The summed E-state index contributed by atoms with van der Waals surface area (Å²) in [4.78, 5) is 19.3. The van der Waals surface area contributed by atoms with E-state index in [-0.39, 0.29) is 18.4 Å². The van der Waals surface area contributed by atoms with Crippen molar-refractivity contribution in [3.63, 3.8) is 0 Å². The van der Waals surface area contributed by atoms with Crippen LogP contribution < -0.4 is 0 Å². The average molecular weight is 403 g/mol. The van der Waals surface area contributed by atoms with Gasteiger partial charge in [0.05, 0.1) is 12.1 Å². The van der Waals surface area contributed by atoms with Crippen LogP contribution in [0.4, 0.5) is 0 Å². The summed E-state index contributed by atoms with van der Waals surface area (Å²) in [6.07, 6.45) is 3.67. The molecule has 1 aromatic carbocycles. The fourth-order valence-electron chi connectivity index (χ4n) is 4.08. The van der Waals surface area contributed by atoms with Crippen molar-refractivity contribution in [2.75, 3.05) is 6.54 Å². The van der Waals surface area contributed by atoms with E-state index in [4.69, 9.17) is 8.94 Å². The summed E-state index contributed by atoms with van der Waals surface area (Å²) in [7, 11) is 0. The minimum Gasteiger partial charge on any atom is -0.417 e. The molecule has 0 N–H and O–H groups in total. The van der Waals surface area contributed by atoms with Gasteiger partial charge in [0, 0.05) is 23.7 Å². The van der Waals surface area contributed by atoms with Crippen LogP contribution in [0.15, 0.2) is 45.5 Å². The van der Waals surface area contributed by atoms with Crippen LogP contribution in [0.25, 0.3) is 22.4 Å². The van der Waals surface area contributed by atoms with Gasteiger partial charge >= 0.3 is 0 Å². The maximum absolute atomic E-state index is 13.0. The third kappa shape index (κ3) is 3.14.